The van der Waals surface area contributed by atoms with Gasteiger partial charge in [-0.15, -0.1) is 11.6 Å². The largest absolute Gasteiger partial charge is 0.464 e. The van der Waals surface area contributed by atoms with Crippen molar-refractivity contribution in [1.29, 1.82) is 0 Å². The Bertz CT molecular complexity index is 1800. The highest BCUT2D eigenvalue weighted by molar-refractivity contribution is 7.52. The third-order valence-corrected chi connectivity index (χ3v) is 9.60. The zero-order chi connectivity index (χ0) is 34.1. The third kappa shape index (κ3) is 7.38. The second-order valence-corrected chi connectivity index (χ2v) is 14.6. The highest BCUT2D eigenvalue weighted by Gasteiger charge is 2.57. The fourth-order valence-electron chi connectivity index (χ4n) is 5.08. The van der Waals surface area contributed by atoms with E-state index in [4.69, 9.17) is 30.1 Å². The van der Waals surface area contributed by atoms with Gasteiger partial charge in [-0.3, -0.25) is 13.9 Å². The maximum atomic E-state index is 15.9. The maximum Gasteiger partial charge on any atom is 0.459 e. The second-order valence-electron chi connectivity index (χ2n) is 12.6. The molecule has 3 N–H and O–H groups in total. The van der Waals surface area contributed by atoms with Crippen LogP contribution in [-0.2, 0) is 23.4 Å². The molecule has 0 unspecified atom stereocenters. The van der Waals surface area contributed by atoms with E-state index in [-0.39, 0.29) is 23.4 Å². The number of fused-ring (bicyclic) bond motifs is 2. The Kier molecular flexibility index (Phi) is 10.1. The number of aliphatic hydroxyl groups excluding tert-OH is 1. The number of alkyl halides is 2. The van der Waals surface area contributed by atoms with Gasteiger partial charge >= 0.3 is 13.7 Å². The van der Waals surface area contributed by atoms with Crippen LogP contribution in [0.3, 0.4) is 0 Å². The molecule has 0 radical (unpaired) electrons. The lowest BCUT2D eigenvalue weighted by Crippen LogP contribution is -2.48. The van der Waals surface area contributed by atoms with Crippen molar-refractivity contribution in [1.82, 2.24) is 24.6 Å². The molecule has 2 aromatic carbocycles. The molecule has 4 aromatic rings. The number of nitrogens with one attached hydrogen (secondary N) is 2. The van der Waals surface area contributed by atoms with Crippen LogP contribution in [0.1, 0.15) is 39.7 Å². The first-order valence-electron chi connectivity index (χ1n) is 15.0. The molecule has 0 spiro atoms. The monoisotopic (exact) mass is 692 g/mol. The zero-order valence-electron chi connectivity index (χ0n) is 26.9. The van der Waals surface area contributed by atoms with Crippen LogP contribution in [0.15, 0.2) is 48.8 Å². The number of carbonyl (C=O) groups excluding carboxylic acids is 1. The quantitative estimate of drug-likeness (QED) is 0.100. The molecule has 47 heavy (non-hydrogen) atoms. The zero-order valence-corrected chi connectivity index (χ0v) is 28.6. The molecule has 1 saturated heterocycles. The summed E-state index contributed by atoms with van der Waals surface area (Å²) in [6.45, 7) is 8.26. The molecule has 0 bridgehead atoms. The van der Waals surface area contributed by atoms with Crippen molar-refractivity contribution in [3.63, 3.8) is 0 Å². The van der Waals surface area contributed by atoms with E-state index in [1.54, 1.807) is 38.2 Å². The average Bonchev–Trinajstić information content (AvgIpc) is 3.56. The van der Waals surface area contributed by atoms with Gasteiger partial charge in [0, 0.05) is 12.4 Å². The van der Waals surface area contributed by atoms with Crippen LogP contribution >= 0.6 is 19.3 Å². The Morgan fingerprint density at radius 2 is 1.96 bits per heavy atom. The molecule has 0 amide bonds. The van der Waals surface area contributed by atoms with E-state index in [9.17, 15) is 14.5 Å². The Labute approximate surface area is 276 Å². The number of aromatic nitrogens is 4. The predicted octanol–water partition coefficient (Wildman–Crippen LogP) is 5.31. The van der Waals surface area contributed by atoms with E-state index in [0.717, 1.165) is 5.39 Å². The SMILES string of the molecule is CNc1nc(C)nc2c1ncn2[C@@H]1O[C@](CCl)(CO[P@@](=O)(N[C@@H](C)C(=O)OCC(C)(C)C)Oc2cccc3ccccc23)[C@@H](O)[C@H]1F. The van der Waals surface area contributed by atoms with Crippen LogP contribution in [0.4, 0.5) is 10.2 Å². The van der Waals surface area contributed by atoms with Gasteiger partial charge in [0.2, 0.25) is 0 Å². The molecule has 0 aliphatic carbocycles. The summed E-state index contributed by atoms with van der Waals surface area (Å²) in [5.41, 5.74) is -1.57. The lowest BCUT2D eigenvalue weighted by Gasteiger charge is -2.32. The summed E-state index contributed by atoms with van der Waals surface area (Å²) in [6.07, 6.45) is -3.93. The highest BCUT2D eigenvalue weighted by Crippen LogP contribution is 2.50. The van der Waals surface area contributed by atoms with Gasteiger partial charge < -0.3 is 24.4 Å². The number of hydrogen-bond acceptors (Lipinski definition) is 11. The molecule has 6 atom stereocenters. The summed E-state index contributed by atoms with van der Waals surface area (Å²) < 4.78 is 55.1. The smallest absolute Gasteiger partial charge is 0.459 e. The first-order valence-corrected chi connectivity index (χ1v) is 17.1. The second kappa shape index (κ2) is 13.6. The Hall–Kier alpha value is -3.39. The third-order valence-electron chi connectivity index (χ3n) is 7.54. The minimum atomic E-state index is -4.48. The van der Waals surface area contributed by atoms with Gasteiger partial charge in [0.25, 0.3) is 0 Å². The molecule has 1 fully saturated rings. The van der Waals surface area contributed by atoms with Crippen molar-refractivity contribution >= 4 is 53.1 Å². The van der Waals surface area contributed by atoms with Crippen LogP contribution in [-0.4, -0.2) is 80.7 Å². The summed E-state index contributed by atoms with van der Waals surface area (Å²) in [7, 11) is -2.81. The number of ether oxygens (including phenoxy) is 2. The molecular formula is C31H39ClFN6O7P. The molecule has 5 rings (SSSR count). The number of anilines is 1. The maximum absolute atomic E-state index is 15.9. The number of imidazole rings is 1. The van der Waals surface area contributed by atoms with E-state index in [2.05, 4.69) is 25.4 Å². The lowest BCUT2D eigenvalue weighted by atomic mass is 9.99. The van der Waals surface area contributed by atoms with E-state index in [1.807, 2.05) is 39.0 Å². The molecule has 1 aliphatic heterocycles. The molecule has 16 heteroatoms. The summed E-state index contributed by atoms with van der Waals surface area (Å²) in [6, 6.07) is 11.3. The van der Waals surface area contributed by atoms with Crippen LogP contribution in [0, 0.1) is 12.3 Å². The summed E-state index contributed by atoms with van der Waals surface area (Å²) in [5.74, 6) is -0.116. The first kappa shape index (κ1) is 34.9. The summed E-state index contributed by atoms with van der Waals surface area (Å²) in [5, 5.41) is 18.2. The van der Waals surface area contributed by atoms with E-state index < -0.39 is 56.3 Å². The van der Waals surface area contributed by atoms with Crippen molar-refractivity contribution in [3.8, 4) is 5.75 Å². The van der Waals surface area contributed by atoms with Crippen LogP contribution < -0.4 is 14.9 Å². The summed E-state index contributed by atoms with van der Waals surface area (Å²) >= 11 is 6.33. The number of rotatable bonds is 12. The van der Waals surface area contributed by atoms with Gasteiger partial charge in [0.1, 0.15) is 29.3 Å². The number of benzene rings is 2. The van der Waals surface area contributed by atoms with Gasteiger partial charge in [-0.05, 0) is 30.7 Å². The molecule has 254 valence electrons. The van der Waals surface area contributed by atoms with E-state index in [0.29, 0.717) is 22.5 Å². The van der Waals surface area contributed by atoms with Gasteiger partial charge in [-0.2, -0.15) is 5.09 Å². The Balaban J connectivity index is 1.44. The topological polar surface area (TPSA) is 159 Å². The number of esters is 1. The number of carbonyl (C=O) groups is 1. The van der Waals surface area contributed by atoms with Crippen LogP contribution in [0.25, 0.3) is 21.9 Å². The molecule has 13 nitrogen and oxygen atoms in total. The van der Waals surface area contributed by atoms with Crippen molar-refractivity contribution in [3.05, 3.63) is 54.6 Å². The first-order chi connectivity index (χ1) is 22.2. The molecule has 1 aliphatic rings. The number of hydrogen-bond donors (Lipinski definition) is 3. The normalized spacial score (nSPS) is 23.5. The number of aryl methyl sites for hydroxylation is 1. The van der Waals surface area contributed by atoms with Crippen molar-refractivity contribution in [2.75, 3.05) is 31.5 Å². The fraction of sp³-hybridized carbons (Fsp3) is 0.484. The van der Waals surface area contributed by atoms with Crippen LogP contribution in [0.5, 0.6) is 5.75 Å². The van der Waals surface area contributed by atoms with Gasteiger partial charge in [-0.25, -0.2) is 23.9 Å². The van der Waals surface area contributed by atoms with Gasteiger partial charge in [-0.1, -0.05) is 57.2 Å². The predicted molar refractivity (Wildman–Crippen MR) is 175 cm³/mol. The standard InChI is InChI=1S/C31H39ClFN6O7P/c1-18(29(41)43-15-30(3,4)5)38-47(42,46-22-13-9-11-20-10-7-8-12-21(20)22)44-16-31(14-32)25(40)23(33)28(45-31)39-17-35-24-26(34-6)36-19(2)37-27(24)39/h7-13,17-18,23,25,28,40H,14-16H2,1-6H3,(H,38,42)(H,34,36,37)/t18-,23+,25-,28+,31+,47-/m0/s1. The summed E-state index contributed by atoms with van der Waals surface area (Å²) in [4.78, 5) is 25.9. The Morgan fingerprint density at radius 3 is 2.66 bits per heavy atom. The lowest BCUT2D eigenvalue weighted by molar-refractivity contribution is -0.148. The molecule has 3 heterocycles. The average molecular weight is 693 g/mol. The van der Waals surface area contributed by atoms with Crippen molar-refractivity contribution in [2.24, 2.45) is 5.41 Å². The van der Waals surface area contributed by atoms with Crippen LogP contribution in [0.2, 0.25) is 0 Å². The Morgan fingerprint density at radius 1 is 1.23 bits per heavy atom. The molecular weight excluding hydrogens is 654 g/mol. The van der Waals surface area contributed by atoms with E-state index in [1.165, 1.54) is 17.8 Å². The van der Waals surface area contributed by atoms with Gasteiger partial charge in [0.05, 0.1) is 25.4 Å². The minimum Gasteiger partial charge on any atom is -0.464 e. The molecule has 2 aromatic heterocycles. The fourth-order valence-corrected chi connectivity index (χ4v) is 6.94. The molecule has 0 saturated carbocycles. The minimum absolute atomic E-state index is 0.116. The number of aliphatic hydroxyl groups is 1. The number of nitrogens with zero attached hydrogens (tertiary/aromatic N) is 4. The highest BCUT2D eigenvalue weighted by atomic mass is 35.5. The van der Waals surface area contributed by atoms with Crippen molar-refractivity contribution < 1.29 is 37.4 Å². The van der Waals surface area contributed by atoms with Crippen molar-refractivity contribution in [2.45, 2.75) is 64.8 Å². The number of halogens is 2. The van der Waals surface area contributed by atoms with Gasteiger partial charge in [0.15, 0.2) is 29.4 Å². The van der Waals surface area contributed by atoms with E-state index >= 15 is 4.39 Å².